The molecule has 0 aromatic carbocycles. The first-order valence-electron chi connectivity index (χ1n) is 5.63. The van der Waals surface area contributed by atoms with Crippen LogP contribution in [0.15, 0.2) is 15.8 Å². The lowest BCUT2D eigenvalue weighted by Crippen LogP contribution is -2.38. The highest BCUT2D eigenvalue weighted by Gasteiger charge is 2.44. The zero-order chi connectivity index (χ0) is 14.4. The number of aliphatic hydroxyl groups excluding tert-OH is 3. The van der Waals surface area contributed by atoms with Crippen molar-refractivity contribution in [3.63, 3.8) is 0 Å². The first-order valence-corrected chi connectivity index (χ1v) is 5.63. The number of rotatable bonds is 2. The van der Waals surface area contributed by atoms with Crippen molar-refractivity contribution < 1.29 is 29.6 Å². The molecule has 1 fully saturated rings. The normalized spacial score (nSPS) is 30.1. The number of ether oxygens (including phenoxy) is 1. The SMILES string of the molecule is O=c1c2c(ncn1C1OC(CO)C(O)C1O)no[n+]2[O-]. The number of hydrogen-bond acceptors (Lipinski definition) is 9. The maximum atomic E-state index is 12.1. The largest absolute Gasteiger partial charge is 0.394 e. The molecule has 11 heteroatoms. The molecule has 108 valence electrons. The van der Waals surface area contributed by atoms with Gasteiger partial charge in [0.05, 0.1) is 11.8 Å². The molecule has 2 aromatic rings. The van der Waals surface area contributed by atoms with Crippen molar-refractivity contribution >= 4 is 11.2 Å². The van der Waals surface area contributed by atoms with E-state index in [1.807, 2.05) is 0 Å². The highest BCUT2D eigenvalue weighted by Crippen LogP contribution is 2.28. The molecule has 2 aromatic heterocycles. The fourth-order valence-electron chi connectivity index (χ4n) is 2.08. The fraction of sp³-hybridized carbons (Fsp3) is 0.556. The predicted octanol–water partition coefficient (Wildman–Crippen LogP) is -3.37. The summed E-state index contributed by atoms with van der Waals surface area (Å²) in [5.41, 5.74) is -1.49. The van der Waals surface area contributed by atoms with Crippen LogP contribution in [0.5, 0.6) is 0 Å². The third kappa shape index (κ3) is 1.68. The zero-order valence-electron chi connectivity index (χ0n) is 9.86. The standard InChI is InChI=1S/C9H10N4O7/c14-1-3-5(15)6(16)9(19-3)12-2-10-7-4(8(12)17)13(18)20-11-7/h2-3,5-6,9,14-16H,1H2. The van der Waals surface area contributed by atoms with Gasteiger partial charge in [-0.2, -0.15) is 4.98 Å². The molecule has 0 bridgehead atoms. The van der Waals surface area contributed by atoms with E-state index in [1.54, 1.807) is 0 Å². The molecular formula is C9H10N4O7. The molecule has 1 saturated heterocycles. The smallest absolute Gasteiger partial charge is 0.347 e. The van der Waals surface area contributed by atoms with Gasteiger partial charge in [-0.3, -0.25) is 14.0 Å². The number of hydrogen-bond donors (Lipinski definition) is 3. The van der Waals surface area contributed by atoms with E-state index in [0.717, 1.165) is 10.9 Å². The van der Waals surface area contributed by atoms with E-state index in [-0.39, 0.29) is 10.6 Å². The zero-order valence-corrected chi connectivity index (χ0v) is 9.86. The van der Waals surface area contributed by atoms with Crippen LogP contribution in [-0.2, 0) is 4.74 Å². The van der Waals surface area contributed by atoms with E-state index < -0.39 is 42.2 Å². The second kappa shape index (κ2) is 4.49. The minimum atomic E-state index is -1.45. The summed E-state index contributed by atoms with van der Waals surface area (Å²) in [5.74, 6) is 0. The van der Waals surface area contributed by atoms with E-state index in [2.05, 4.69) is 14.8 Å². The van der Waals surface area contributed by atoms with E-state index in [9.17, 15) is 20.2 Å². The fourth-order valence-corrected chi connectivity index (χ4v) is 2.08. The summed E-state index contributed by atoms with van der Waals surface area (Å²) in [6.07, 6.45) is -4.13. The molecule has 1 aliphatic rings. The van der Waals surface area contributed by atoms with Gasteiger partial charge in [-0.05, 0) is 4.90 Å². The van der Waals surface area contributed by atoms with E-state index in [4.69, 9.17) is 9.84 Å². The van der Waals surface area contributed by atoms with E-state index in [1.165, 1.54) is 0 Å². The summed E-state index contributed by atoms with van der Waals surface area (Å²) in [7, 11) is 0. The third-order valence-corrected chi connectivity index (χ3v) is 3.13. The summed E-state index contributed by atoms with van der Waals surface area (Å²) in [4.78, 5) is 15.7. The van der Waals surface area contributed by atoms with Crippen LogP contribution in [0.1, 0.15) is 6.23 Å². The minimum Gasteiger partial charge on any atom is -0.394 e. The van der Waals surface area contributed by atoms with Crippen molar-refractivity contribution in [2.45, 2.75) is 24.5 Å². The van der Waals surface area contributed by atoms with Crippen LogP contribution in [0.3, 0.4) is 0 Å². The highest BCUT2D eigenvalue weighted by molar-refractivity contribution is 5.62. The Morgan fingerprint density at radius 2 is 2.20 bits per heavy atom. The molecule has 4 unspecified atom stereocenters. The van der Waals surface area contributed by atoms with Crippen molar-refractivity contribution in [3.05, 3.63) is 21.9 Å². The molecule has 4 atom stereocenters. The summed E-state index contributed by atoms with van der Waals surface area (Å²) in [6.45, 7) is -0.534. The van der Waals surface area contributed by atoms with Gasteiger partial charge in [0.1, 0.15) is 24.6 Å². The third-order valence-electron chi connectivity index (χ3n) is 3.13. The Balaban J connectivity index is 2.09. The Kier molecular flexibility index (Phi) is 2.90. The molecule has 20 heavy (non-hydrogen) atoms. The van der Waals surface area contributed by atoms with Gasteiger partial charge >= 0.3 is 16.7 Å². The molecule has 0 spiro atoms. The van der Waals surface area contributed by atoms with Gasteiger partial charge in [-0.1, -0.05) is 0 Å². The number of nitrogens with zero attached hydrogens (tertiary/aromatic N) is 4. The lowest BCUT2D eigenvalue weighted by molar-refractivity contribution is -0.782. The minimum absolute atomic E-state index is 0.109. The van der Waals surface area contributed by atoms with Crippen LogP contribution >= 0.6 is 0 Å². The average molecular weight is 286 g/mol. The van der Waals surface area contributed by atoms with Crippen molar-refractivity contribution in [2.75, 3.05) is 6.61 Å². The van der Waals surface area contributed by atoms with Crippen LogP contribution in [0.4, 0.5) is 0 Å². The molecule has 11 nitrogen and oxygen atoms in total. The van der Waals surface area contributed by atoms with Gasteiger partial charge in [-0.25, -0.2) is 0 Å². The lowest BCUT2D eigenvalue weighted by atomic mass is 10.1. The molecule has 3 heterocycles. The van der Waals surface area contributed by atoms with E-state index >= 15 is 0 Å². The monoisotopic (exact) mass is 286 g/mol. The van der Waals surface area contributed by atoms with Crippen LogP contribution in [0.2, 0.25) is 0 Å². The number of aromatic nitrogens is 4. The number of aliphatic hydroxyl groups is 3. The summed E-state index contributed by atoms with van der Waals surface area (Å²) in [5, 5.41) is 43.0. The maximum absolute atomic E-state index is 12.1. The Morgan fingerprint density at radius 1 is 1.45 bits per heavy atom. The predicted molar refractivity (Wildman–Crippen MR) is 58.0 cm³/mol. The van der Waals surface area contributed by atoms with Gasteiger partial charge in [0.2, 0.25) is 0 Å². The lowest BCUT2D eigenvalue weighted by Gasteiger charge is -2.16. The maximum Gasteiger partial charge on any atom is 0.347 e. The molecule has 3 N–H and O–H groups in total. The Labute approximate surface area is 109 Å². The first-order chi connectivity index (χ1) is 9.54. The van der Waals surface area contributed by atoms with Crippen molar-refractivity contribution in [2.24, 2.45) is 0 Å². The van der Waals surface area contributed by atoms with Gasteiger partial charge in [0.25, 0.3) is 0 Å². The Morgan fingerprint density at radius 3 is 2.85 bits per heavy atom. The van der Waals surface area contributed by atoms with Crippen molar-refractivity contribution in [3.8, 4) is 0 Å². The molecule has 0 saturated carbocycles. The quantitative estimate of drug-likeness (QED) is 0.479. The molecule has 0 radical (unpaired) electrons. The molecule has 3 rings (SSSR count). The van der Waals surface area contributed by atoms with E-state index in [0.29, 0.717) is 0 Å². The van der Waals surface area contributed by atoms with Crippen LogP contribution in [0.25, 0.3) is 11.2 Å². The molecule has 0 amide bonds. The van der Waals surface area contributed by atoms with Crippen LogP contribution in [0, 0.1) is 5.21 Å². The van der Waals surface area contributed by atoms with Gasteiger partial charge < -0.3 is 25.3 Å². The molecule has 0 aliphatic carbocycles. The first kappa shape index (κ1) is 12.9. The van der Waals surface area contributed by atoms with Gasteiger partial charge in [0, 0.05) is 0 Å². The number of fused-ring (bicyclic) bond motifs is 1. The summed E-state index contributed by atoms with van der Waals surface area (Å²) >= 11 is 0. The van der Waals surface area contributed by atoms with Crippen molar-refractivity contribution in [1.29, 1.82) is 0 Å². The van der Waals surface area contributed by atoms with Crippen molar-refractivity contribution in [1.82, 2.24) is 14.7 Å². The average Bonchev–Trinajstić information content (AvgIpc) is 2.94. The molecule has 1 aliphatic heterocycles. The Bertz CT molecular complexity index is 697. The van der Waals surface area contributed by atoms with Gasteiger partial charge in [-0.15, -0.1) is 0 Å². The second-order valence-corrected chi connectivity index (χ2v) is 4.29. The summed E-state index contributed by atoms with van der Waals surface area (Å²) in [6, 6.07) is 0. The topological polar surface area (TPSA) is 158 Å². The second-order valence-electron chi connectivity index (χ2n) is 4.29. The summed E-state index contributed by atoms with van der Waals surface area (Å²) < 4.78 is 10.3. The van der Waals surface area contributed by atoms with Gasteiger partial charge in [0.15, 0.2) is 6.23 Å². The molecular weight excluding hydrogens is 276 g/mol. The Hall–Kier alpha value is -2.08. The van der Waals surface area contributed by atoms with Crippen LogP contribution in [-0.4, -0.2) is 54.9 Å². The highest BCUT2D eigenvalue weighted by atomic mass is 16.8. The van der Waals surface area contributed by atoms with Crippen LogP contribution < -0.4 is 10.5 Å².